The second kappa shape index (κ2) is 20.6. The van der Waals surface area contributed by atoms with Crippen LogP contribution in [-0.2, 0) is 24.5 Å². The number of carbonyl (C=O) groups excluding carboxylic acids is 3. The van der Waals surface area contributed by atoms with Gasteiger partial charge in [-0.15, -0.1) is 0 Å². The number of aromatic amines is 1. The molecule has 6 N–H and O–H groups in total. The average Bonchev–Trinajstić information content (AvgIpc) is 4.00. The molecule has 7 aromatic rings. The second-order valence-corrected chi connectivity index (χ2v) is 20.8. The van der Waals surface area contributed by atoms with E-state index in [1.807, 2.05) is 60.7 Å². The molecular weight excluding hydrogens is 953 g/mol. The van der Waals surface area contributed by atoms with Gasteiger partial charge in [0.05, 0.1) is 17.9 Å². The molecule has 2 aromatic heterocycles. The van der Waals surface area contributed by atoms with E-state index in [1.54, 1.807) is 12.1 Å². The third-order valence-corrected chi connectivity index (χ3v) is 14.7. The molecule has 3 aliphatic rings. The lowest BCUT2D eigenvalue weighted by Crippen LogP contribution is -2.49. The number of fused-ring (bicyclic) bond motifs is 5. The quantitative estimate of drug-likeness (QED) is 0.0464. The van der Waals surface area contributed by atoms with Gasteiger partial charge in [0.2, 0.25) is 23.1 Å². The third-order valence-electron chi connectivity index (χ3n) is 14.7. The van der Waals surface area contributed by atoms with Crippen LogP contribution in [-0.4, -0.2) is 68.4 Å². The van der Waals surface area contributed by atoms with E-state index in [9.17, 15) is 14.4 Å². The smallest absolute Gasteiger partial charge is 0.251 e. The molecule has 10 rings (SSSR count). The summed E-state index contributed by atoms with van der Waals surface area (Å²) in [6.45, 7) is 20.8. The van der Waals surface area contributed by atoms with Gasteiger partial charge in [-0.1, -0.05) is 54.6 Å². The first kappa shape index (κ1) is 50.9. The fourth-order valence-corrected chi connectivity index (χ4v) is 11.0. The zero-order valence-electron chi connectivity index (χ0n) is 44.5. The molecule has 5 aromatic carbocycles. The maximum absolute atomic E-state index is 13.5. The SMILES string of the molecule is CCN1c2cc3c(cc2C(C)=CC1(C)C)C(c1ccc(C(=O)NCCCC(=O)NCc2ccc(C(=O)NCc4ccc(COc5nc(N)nc6nc[nH]c56)cc4)cc2)cc1)=c1cc2c(cc1O3)=[N+](CC)C(C)(C)C=C2C. The van der Waals surface area contributed by atoms with Crippen LogP contribution in [0.15, 0.2) is 116 Å². The number of hydrogen-bond acceptors (Lipinski definition) is 10. The van der Waals surface area contributed by atoms with Crippen molar-refractivity contribution in [3.8, 4) is 17.4 Å². The zero-order valence-corrected chi connectivity index (χ0v) is 44.5. The van der Waals surface area contributed by atoms with Crippen molar-refractivity contribution in [2.75, 3.05) is 30.3 Å². The van der Waals surface area contributed by atoms with Crippen molar-refractivity contribution in [1.82, 2.24) is 40.5 Å². The number of allylic oxidation sites excluding steroid dienone is 2. The van der Waals surface area contributed by atoms with E-state index in [1.165, 1.54) is 28.6 Å². The third kappa shape index (κ3) is 10.2. The fraction of sp³-hybridized carbons (Fsp3) is 0.295. The maximum atomic E-state index is 13.5. The molecule has 76 heavy (non-hydrogen) atoms. The van der Waals surface area contributed by atoms with Gasteiger partial charge >= 0.3 is 0 Å². The number of amides is 3. The van der Waals surface area contributed by atoms with Gasteiger partial charge in [-0.25, -0.2) is 9.56 Å². The van der Waals surface area contributed by atoms with Gasteiger partial charge in [0, 0.05) is 96.8 Å². The van der Waals surface area contributed by atoms with Crippen molar-refractivity contribution < 1.29 is 23.9 Å². The molecule has 0 saturated carbocycles. The highest BCUT2D eigenvalue weighted by atomic mass is 16.5. The van der Waals surface area contributed by atoms with E-state index in [-0.39, 0.29) is 47.8 Å². The molecule has 0 unspecified atom stereocenters. The summed E-state index contributed by atoms with van der Waals surface area (Å²) in [5.41, 5.74) is 19.3. The number of anilines is 2. The molecule has 0 bridgehead atoms. The molecule has 15 nitrogen and oxygen atoms in total. The van der Waals surface area contributed by atoms with Gasteiger partial charge < -0.3 is 41.0 Å². The van der Waals surface area contributed by atoms with Crippen LogP contribution in [0.3, 0.4) is 0 Å². The van der Waals surface area contributed by atoms with Crippen molar-refractivity contribution in [3.05, 3.63) is 176 Å². The number of hydrogen-bond donors (Lipinski definition) is 5. The predicted octanol–water partition coefficient (Wildman–Crippen LogP) is 8.35. The molecule has 0 radical (unpaired) electrons. The Morgan fingerprint density at radius 1 is 0.750 bits per heavy atom. The van der Waals surface area contributed by atoms with Crippen LogP contribution in [0.25, 0.3) is 27.9 Å². The minimum Gasteiger partial charge on any atom is -0.471 e. The summed E-state index contributed by atoms with van der Waals surface area (Å²) in [5.74, 6) is 1.48. The van der Waals surface area contributed by atoms with Crippen LogP contribution in [0, 0.1) is 0 Å². The molecule has 0 fully saturated rings. The highest BCUT2D eigenvalue weighted by Crippen LogP contribution is 2.46. The number of aromatic nitrogens is 4. The van der Waals surface area contributed by atoms with Crippen molar-refractivity contribution in [3.63, 3.8) is 0 Å². The molecular formula is C61H65N10O5+. The molecule has 0 atom stereocenters. The first-order valence-electron chi connectivity index (χ1n) is 26.1. The first-order chi connectivity index (χ1) is 36.5. The van der Waals surface area contributed by atoms with Gasteiger partial charge in [-0.3, -0.25) is 14.4 Å². The number of nitrogens with two attached hydrogens (primary N) is 1. The van der Waals surface area contributed by atoms with Crippen molar-refractivity contribution in [1.29, 1.82) is 0 Å². The summed E-state index contributed by atoms with van der Waals surface area (Å²) >= 11 is 0. The van der Waals surface area contributed by atoms with Gasteiger partial charge in [0.25, 0.3) is 11.8 Å². The fourth-order valence-electron chi connectivity index (χ4n) is 11.0. The summed E-state index contributed by atoms with van der Waals surface area (Å²) in [7, 11) is 0. The number of nitrogens with one attached hydrogen (secondary N) is 4. The number of ether oxygens (including phenoxy) is 2. The number of likely N-dealkylation sites (N-methyl/N-ethyl adjacent to an activating group) is 2. The molecule has 3 amide bonds. The van der Waals surface area contributed by atoms with E-state index >= 15 is 0 Å². The molecule has 0 saturated heterocycles. The van der Waals surface area contributed by atoms with Crippen LogP contribution in [0.5, 0.6) is 17.4 Å². The van der Waals surface area contributed by atoms with Gasteiger partial charge in [-0.05, 0) is 124 Å². The lowest BCUT2D eigenvalue weighted by Gasteiger charge is -2.43. The molecule has 0 aliphatic carbocycles. The molecule has 5 heterocycles. The Labute approximate surface area is 442 Å². The monoisotopic (exact) mass is 1020 g/mol. The van der Waals surface area contributed by atoms with E-state index < -0.39 is 0 Å². The molecule has 388 valence electrons. The zero-order chi connectivity index (χ0) is 53.5. The van der Waals surface area contributed by atoms with Gasteiger partial charge in [-0.2, -0.15) is 9.97 Å². The Morgan fingerprint density at radius 3 is 2.12 bits per heavy atom. The van der Waals surface area contributed by atoms with E-state index in [2.05, 4.69) is 137 Å². The number of carbonyl (C=O) groups is 3. The van der Waals surface area contributed by atoms with Crippen molar-refractivity contribution in [2.24, 2.45) is 0 Å². The Hall–Kier alpha value is -8.59. The van der Waals surface area contributed by atoms with Crippen molar-refractivity contribution in [2.45, 2.75) is 99.0 Å². The van der Waals surface area contributed by atoms with E-state index in [0.29, 0.717) is 54.2 Å². The summed E-state index contributed by atoms with van der Waals surface area (Å²) in [5, 5.41) is 11.1. The summed E-state index contributed by atoms with van der Waals surface area (Å²) < 4.78 is 15.3. The van der Waals surface area contributed by atoms with Gasteiger partial charge in [0.1, 0.15) is 30.2 Å². The van der Waals surface area contributed by atoms with Crippen LogP contribution in [0.1, 0.15) is 128 Å². The number of benzene rings is 5. The number of nitrogens with zero attached hydrogens (tertiary/aromatic N) is 5. The number of nitrogen functional groups attached to an aromatic ring is 1. The van der Waals surface area contributed by atoms with Crippen LogP contribution in [0.2, 0.25) is 0 Å². The Kier molecular flexibility index (Phi) is 13.8. The largest absolute Gasteiger partial charge is 0.471 e. The Morgan fingerprint density at radius 2 is 1.41 bits per heavy atom. The van der Waals surface area contributed by atoms with Crippen LogP contribution < -0.4 is 51.2 Å². The van der Waals surface area contributed by atoms with Crippen molar-refractivity contribution >= 4 is 57.2 Å². The molecule has 15 heteroatoms. The molecule has 0 spiro atoms. The normalized spacial score (nSPS) is 14.8. The summed E-state index contributed by atoms with van der Waals surface area (Å²) in [6, 6.07) is 31.6. The van der Waals surface area contributed by atoms with Gasteiger partial charge in [0.15, 0.2) is 11.2 Å². The van der Waals surface area contributed by atoms with E-state index in [4.69, 9.17) is 15.2 Å². The van der Waals surface area contributed by atoms with Crippen LogP contribution >= 0.6 is 0 Å². The number of imidazole rings is 1. The topological polar surface area (TPSA) is 192 Å². The Balaban J connectivity index is 0.735. The standard InChI is InChI=1S/C61H64N10O5/c1-9-70-48-28-50-46(26-44(48)36(3)30-60(70,5)6)53(47-27-45-37(4)31-61(7,8)71(10-2)49(45)29-51(47)76-50)41-21-23-43(24-22-41)56(73)63-25-11-12-52(72)64-32-39-17-19-42(20-18-39)57(74)65-33-38-13-15-40(16-14-38)34-75-58-54-55(67-35-66-54)68-59(62)69-58/h13-24,26-31,35,62-63H,9-12,25,32-34H2,1-8H3,(H3,64,65,72,73,74)/p+1. The first-order valence-corrected chi connectivity index (χ1v) is 26.1. The highest BCUT2D eigenvalue weighted by molar-refractivity contribution is 5.96. The lowest BCUT2D eigenvalue weighted by molar-refractivity contribution is -0.121. The summed E-state index contributed by atoms with van der Waals surface area (Å²) in [4.78, 5) is 57.1. The molecule has 3 aliphatic heterocycles. The minimum atomic E-state index is -0.210. The minimum absolute atomic E-state index is 0.0799. The number of H-pyrrole nitrogens is 1. The Bertz CT molecular complexity index is 3630. The maximum Gasteiger partial charge on any atom is 0.251 e. The highest BCUT2D eigenvalue weighted by Gasteiger charge is 2.36. The summed E-state index contributed by atoms with van der Waals surface area (Å²) in [6.07, 6.45) is 6.93. The lowest BCUT2D eigenvalue weighted by atomic mass is 9.84. The average molecular weight is 1020 g/mol. The number of rotatable bonds is 16. The van der Waals surface area contributed by atoms with E-state index in [0.717, 1.165) is 74.2 Å². The predicted molar refractivity (Wildman–Crippen MR) is 298 cm³/mol. The second-order valence-electron chi connectivity index (χ2n) is 20.8. The van der Waals surface area contributed by atoms with Crippen LogP contribution in [0.4, 0.5) is 11.6 Å².